The van der Waals surface area contributed by atoms with Crippen LogP contribution in [0.3, 0.4) is 0 Å². The number of hydrogen-bond acceptors (Lipinski definition) is 7. The minimum absolute atomic E-state index is 0.0333. The lowest BCUT2D eigenvalue weighted by molar-refractivity contribution is 0.0985. The van der Waals surface area contributed by atoms with Crippen LogP contribution < -0.4 is 15.5 Å². The molecule has 158 valence electrons. The Morgan fingerprint density at radius 2 is 2.06 bits per heavy atom. The number of benzene rings is 2. The minimum atomic E-state index is -0.324. The van der Waals surface area contributed by atoms with E-state index in [1.54, 1.807) is 0 Å². The first-order valence-corrected chi connectivity index (χ1v) is 11.3. The van der Waals surface area contributed by atoms with Gasteiger partial charge in [0.25, 0.3) is 5.91 Å². The zero-order valence-electron chi connectivity index (χ0n) is 16.2. The van der Waals surface area contributed by atoms with Crippen LogP contribution in [0.2, 0.25) is 10.0 Å². The molecule has 31 heavy (non-hydrogen) atoms. The molecule has 0 bridgehead atoms. The van der Waals surface area contributed by atoms with Crippen molar-refractivity contribution >= 4 is 58.2 Å². The highest BCUT2D eigenvalue weighted by atomic mass is 35.5. The summed E-state index contributed by atoms with van der Waals surface area (Å²) in [5, 5.41) is 17.4. The average molecular weight is 474 g/mol. The third-order valence-corrected chi connectivity index (χ3v) is 6.87. The summed E-state index contributed by atoms with van der Waals surface area (Å²) in [6, 6.07) is 9.12. The first kappa shape index (κ1) is 20.4. The van der Waals surface area contributed by atoms with Crippen molar-refractivity contribution < 1.29 is 9.90 Å². The fraction of sp³-hybridized carbons (Fsp3) is 0.190. The van der Waals surface area contributed by atoms with E-state index in [9.17, 15) is 9.90 Å². The number of aromatic nitrogens is 2. The molecule has 0 aliphatic carbocycles. The van der Waals surface area contributed by atoms with Gasteiger partial charge in [0.15, 0.2) is 0 Å². The maximum Gasteiger partial charge on any atom is 0.263 e. The van der Waals surface area contributed by atoms with Crippen molar-refractivity contribution in [1.82, 2.24) is 15.3 Å². The molecule has 1 aromatic heterocycles. The van der Waals surface area contributed by atoms with E-state index >= 15 is 0 Å². The molecule has 3 aromatic rings. The van der Waals surface area contributed by atoms with Gasteiger partial charge in [0.05, 0.1) is 22.2 Å². The second kappa shape index (κ2) is 8.20. The lowest BCUT2D eigenvalue weighted by Crippen LogP contribution is -2.35. The molecule has 5 rings (SSSR count). The SMILES string of the molecule is O=C1c2cnc(Nc3ccc4c(c3)CNCC4)nc2SCN1c1c(Cl)ccc(O)c1Cl. The quantitative estimate of drug-likeness (QED) is 0.479. The molecule has 3 heterocycles. The fourth-order valence-corrected chi connectivity index (χ4v) is 5.16. The number of thioether (sulfide) groups is 1. The molecule has 0 saturated carbocycles. The molecule has 2 aliphatic heterocycles. The Kier molecular flexibility index (Phi) is 5.39. The summed E-state index contributed by atoms with van der Waals surface area (Å²) >= 11 is 13.8. The zero-order valence-corrected chi connectivity index (χ0v) is 18.5. The summed E-state index contributed by atoms with van der Waals surface area (Å²) in [4.78, 5) is 23.3. The molecule has 2 aliphatic rings. The molecule has 1 amide bonds. The van der Waals surface area contributed by atoms with Gasteiger partial charge in [-0.1, -0.05) is 41.0 Å². The normalized spacial score (nSPS) is 15.4. The third kappa shape index (κ3) is 3.80. The van der Waals surface area contributed by atoms with E-state index in [1.807, 2.05) is 6.07 Å². The van der Waals surface area contributed by atoms with Crippen molar-refractivity contribution in [2.45, 2.75) is 18.0 Å². The minimum Gasteiger partial charge on any atom is -0.506 e. The Labute approximate surface area is 192 Å². The second-order valence-corrected chi connectivity index (χ2v) is 8.90. The van der Waals surface area contributed by atoms with Crippen molar-refractivity contribution in [3.05, 3.63) is 63.3 Å². The van der Waals surface area contributed by atoms with Crippen LogP contribution in [0.25, 0.3) is 0 Å². The van der Waals surface area contributed by atoms with Crippen molar-refractivity contribution in [2.75, 3.05) is 22.6 Å². The highest BCUT2D eigenvalue weighted by Crippen LogP contribution is 2.43. The van der Waals surface area contributed by atoms with Crippen molar-refractivity contribution in [3.8, 4) is 5.75 Å². The Morgan fingerprint density at radius 3 is 2.94 bits per heavy atom. The molecule has 3 N–H and O–H groups in total. The smallest absolute Gasteiger partial charge is 0.263 e. The predicted molar refractivity (Wildman–Crippen MR) is 123 cm³/mol. The standard InChI is InChI=1S/C21H17Cl2N5O2S/c22-15-3-4-16(29)17(23)18(15)28-10-31-19-14(20(28)30)9-25-21(27-19)26-13-2-1-11-5-6-24-8-12(11)7-13/h1-4,7,9,24,29H,5-6,8,10H2,(H,25,26,27). The number of carbonyl (C=O) groups is 1. The molecule has 0 unspecified atom stereocenters. The number of hydrogen-bond donors (Lipinski definition) is 3. The molecular formula is C21H17Cl2N5O2S. The van der Waals surface area contributed by atoms with Gasteiger partial charge in [-0.25, -0.2) is 9.97 Å². The van der Waals surface area contributed by atoms with E-state index in [2.05, 4.69) is 32.7 Å². The van der Waals surface area contributed by atoms with Gasteiger partial charge in [-0.3, -0.25) is 9.69 Å². The van der Waals surface area contributed by atoms with Crippen molar-refractivity contribution in [2.24, 2.45) is 0 Å². The van der Waals surface area contributed by atoms with Crippen LogP contribution in [0, 0.1) is 0 Å². The van der Waals surface area contributed by atoms with E-state index in [0.717, 1.165) is 25.2 Å². The number of aromatic hydroxyl groups is 1. The number of nitrogens with one attached hydrogen (secondary N) is 2. The number of amides is 1. The number of rotatable bonds is 3. The van der Waals surface area contributed by atoms with Crippen molar-refractivity contribution in [1.29, 1.82) is 0 Å². The highest BCUT2D eigenvalue weighted by molar-refractivity contribution is 7.99. The summed E-state index contributed by atoms with van der Waals surface area (Å²) in [6.45, 7) is 1.84. The van der Waals surface area contributed by atoms with E-state index in [-0.39, 0.29) is 33.3 Å². The highest BCUT2D eigenvalue weighted by Gasteiger charge is 2.31. The Bertz CT molecular complexity index is 1210. The topological polar surface area (TPSA) is 90.4 Å². The lowest BCUT2D eigenvalue weighted by atomic mass is 10.0. The van der Waals surface area contributed by atoms with Gasteiger partial charge >= 0.3 is 0 Å². The van der Waals surface area contributed by atoms with Crippen molar-refractivity contribution in [3.63, 3.8) is 0 Å². The summed E-state index contributed by atoms with van der Waals surface area (Å²) in [5.41, 5.74) is 4.13. The molecule has 10 heteroatoms. The van der Waals surface area contributed by atoms with E-state index in [4.69, 9.17) is 23.2 Å². The van der Waals surface area contributed by atoms with Crippen LogP contribution in [0.1, 0.15) is 21.5 Å². The number of nitrogens with zero attached hydrogens (tertiary/aromatic N) is 3. The van der Waals surface area contributed by atoms with E-state index in [1.165, 1.54) is 46.1 Å². The molecule has 0 fully saturated rings. The van der Waals surface area contributed by atoms with Gasteiger partial charge in [-0.15, -0.1) is 0 Å². The van der Waals surface area contributed by atoms with Gasteiger partial charge in [0, 0.05) is 18.4 Å². The Balaban J connectivity index is 1.41. The molecular weight excluding hydrogens is 457 g/mol. The first-order valence-electron chi connectivity index (χ1n) is 9.59. The molecule has 2 aromatic carbocycles. The van der Waals surface area contributed by atoms with Crippen LogP contribution in [0.5, 0.6) is 5.75 Å². The van der Waals surface area contributed by atoms with Gasteiger partial charge in [0.2, 0.25) is 5.95 Å². The number of halogens is 2. The number of phenolic OH excluding ortho intramolecular Hbond substituents is 1. The zero-order chi connectivity index (χ0) is 21.5. The van der Waals surface area contributed by atoms with E-state index in [0.29, 0.717) is 16.5 Å². The first-order chi connectivity index (χ1) is 15.0. The number of phenols is 1. The summed E-state index contributed by atoms with van der Waals surface area (Å²) in [7, 11) is 0. The number of carbonyl (C=O) groups excluding carboxylic acids is 1. The summed E-state index contributed by atoms with van der Waals surface area (Å²) in [6.07, 6.45) is 2.52. The average Bonchev–Trinajstić information content (AvgIpc) is 2.78. The Hall–Kier alpha value is -2.52. The van der Waals surface area contributed by atoms with Crippen LogP contribution >= 0.6 is 35.0 Å². The third-order valence-electron chi connectivity index (χ3n) is 5.23. The molecule has 7 nitrogen and oxygen atoms in total. The van der Waals surface area contributed by atoms with Crippen LogP contribution in [-0.4, -0.2) is 33.4 Å². The van der Waals surface area contributed by atoms with Gasteiger partial charge in [-0.2, -0.15) is 0 Å². The molecule has 0 radical (unpaired) electrons. The van der Waals surface area contributed by atoms with E-state index < -0.39 is 0 Å². The summed E-state index contributed by atoms with van der Waals surface area (Å²) in [5.74, 6) is 0.218. The lowest BCUT2D eigenvalue weighted by Gasteiger charge is -2.29. The fourth-order valence-electron chi connectivity index (χ4n) is 3.64. The van der Waals surface area contributed by atoms with Crippen LogP contribution in [0.4, 0.5) is 17.3 Å². The number of fused-ring (bicyclic) bond motifs is 2. The number of anilines is 3. The van der Waals surface area contributed by atoms with Gasteiger partial charge < -0.3 is 15.7 Å². The van der Waals surface area contributed by atoms with Crippen LogP contribution in [-0.2, 0) is 13.0 Å². The Morgan fingerprint density at radius 1 is 1.19 bits per heavy atom. The summed E-state index contributed by atoms with van der Waals surface area (Å²) < 4.78 is 0. The second-order valence-electron chi connectivity index (χ2n) is 7.18. The molecule has 0 atom stereocenters. The maximum absolute atomic E-state index is 13.1. The monoisotopic (exact) mass is 473 g/mol. The predicted octanol–water partition coefficient (Wildman–Crippen LogP) is 4.59. The van der Waals surface area contributed by atoms with Crippen LogP contribution in [0.15, 0.2) is 41.6 Å². The largest absolute Gasteiger partial charge is 0.506 e. The van der Waals surface area contributed by atoms with Gasteiger partial charge in [-0.05, 0) is 48.4 Å². The molecule has 0 saturated heterocycles. The molecule has 0 spiro atoms. The maximum atomic E-state index is 13.1. The van der Waals surface area contributed by atoms with Gasteiger partial charge in [0.1, 0.15) is 15.8 Å².